The molecule has 2 unspecified atom stereocenters. The van der Waals surface area contributed by atoms with Crippen molar-refractivity contribution in [3.8, 4) is 0 Å². The van der Waals surface area contributed by atoms with Crippen molar-refractivity contribution in [3.63, 3.8) is 0 Å². The van der Waals surface area contributed by atoms with E-state index in [0.29, 0.717) is 11.8 Å². The van der Waals surface area contributed by atoms with Crippen LogP contribution in [-0.4, -0.2) is 0 Å². The van der Waals surface area contributed by atoms with Crippen LogP contribution in [-0.2, 0) is 0 Å². The molecule has 0 N–H and O–H groups in total. The predicted octanol–water partition coefficient (Wildman–Crippen LogP) is 5.18. The van der Waals surface area contributed by atoms with Crippen LogP contribution in [0.5, 0.6) is 0 Å². The molecule has 0 saturated heterocycles. The third kappa shape index (κ3) is 2.88. The maximum atomic E-state index is 2.35. The van der Waals surface area contributed by atoms with E-state index in [1.165, 1.54) is 29.5 Å². The Morgan fingerprint density at radius 3 is 2.47 bits per heavy atom. The molecule has 0 heterocycles. The molecule has 0 radical (unpaired) electrons. The molecular formula is C17H22. The van der Waals surface area contributed by atoms with Crippen LogP contribution in [0.2, 0.25) is 0 Å². The molecule has 0 heteroatoms. The molecular weight excluding hydrogens is 204 g/mol. The molecule has 0 bridgehead atoms. The molecule has 90 valence electrons. The zero-order valence-corrected chi connectivity index (χ0v) is 11.1. The van der Waals surface area contributed by atoms with Crippen molar-refractivity contribution < 1.29 is 0 Å². The van der Waals surface area contributed by atoms with Gasteiger partial charge in [0.2, 0.25) is 0 Å². The molecule has 0 spiro atoms. The van der Waals surface area contributed by atoms with Gasteiger partial charge in [-0.3, -0.25) is 0 Å². The lowest BCUT2D eigenvalue weighted by molar-refractivity contribution is 0.733. The highest BCUT2D eigenvalue weighted by Crippen LogP contribution is 2.26. The summed E-state index contributed by atoms with van der Waals surface area (Å²) in [7, 11) is 0. The van der Waals surface area contributed by atoms with Crippen molar-refractivity contribution in [3.05, 3.63) is 53.6 Å². The van der Waals surface area contributed by atoms with Crippen LogP contribution in [0.15, 0.2) is 42.5 Å². The highest BCUT2D eigenvalue weighted by Gasteiger charge is 2.07. The van der Waals surface area contributed by atoms with Gasteiger partial charge in [0, 0.05) is 0 Å². The summed E-state index contributed by atoms with van der Waals surface area (Å²) in [5, 5.41) is 0. The van der Waals surface area contributed by atoms with Crippen molar-refractivity contribution in [1.29, 1.82) is 0 Å². The molecule has 2 atom stereocenters. The molecule has 2 rings (SSSR count). The average molecular weight is 226 g/mol. The van der Waals surface area contributed by atoms with E-state index in [0.717, 1.165) is 0 Å². The third-order valence-corrected chi connectivity index (χ3v) is 3.74. The van der Waals surface area contributed by atoms with Crippen LogP contribution < -0.4 is 0 Å². The molecule has 0 aromatic heterocycles. The zero-order valence-electron chi connectivity index (χ0n) is 11.1. The van der Waals surface area contributed by atoms with Gasteiger partial charge in [0.15, 0.2) is 0 Å². The molecule has 17 heavy (non-hydrogen) atoms. The highest BCUT2D eigenvalue weighted by molar-refractivity contribution is 5.75. The molecule has 1 aromatic carbocycles. The maximum Gasteiger partial charge on any atom is -0.0187 e. The SMILES string of the molecule is CCC(C)c1ccc(C2=CCC(C)C=C2)cc1. The maximum absolute atomic E-state index is 2.35. The number of hydrogen-bond acceptors (Lipinski definition) is 0. The van der Waals surface area contributed by atoms with Crippen LogP contribution in [0, 0.1) is 5.92 Å². The summed E-state index contributed by atoms with van der Waals surface area (Å²) in [4.78, 5) is 0. The molecule has 0 fully saturated rings. The Balaban J connectivity index is 2.16. The summed E-state index contributed by atoms with van der Waals surface area (Å²) >= 11 is 0. The normalized spacial score (nSPS) is 21.1. The van der Waals surface area contributed by atoms with Gasteiger partial charge in [-0.2, -0.15) is 0 Å². The Hall–Kier alpha value is -1.30. The standard InChI is InChI=1S/C17H22/c1-4-14(3)15-9-11-17(12-10-15)16-7-5-13(2)6-8-16/h5,7-14H,4,6H2,1-3H3. The summed E-state index contributed by atoms with van der Waals surface area (Å²) in [6.07, 6.45) is 9.28. The summed E-state index contributed by atoms with van der Waals surface area (Å²) in [5.41, 5.74) is 4.17. The molecule has 1 aromatic rings. The number of benzene rings is 1. The van der Waals surface area contributed by atoms with E-state index in [1.54, 1.807) is 0 Å². The summed E-state index contributed by atoms with van der Waals surface area (Å²) < 4.78 is 0. The largest absolute Gasteiger partial charge is 0.0808 e. The predicted molar refractivity (Wildman–Crippen MR) is 76.0 cm³/mol. The van der Waals surface area contributed by atoms with Crippen LogP contribution in [0.3, 0.4) is 0 Å². The van der Waals surface area contributed by atoms with Crippen molar-refractivity contribution in [1.82, 2.24) is 0 Å². The van der Waals surface area contributed by atoms with Gasteiger partial charge in [0.1, 0.15) is 0 Å². The first-order valence-electron chi connectivity index (χ1n) is 6.69. The summed E-state index contributed by atoms with van der Waals surface area (Å²) in [6, 6.07) is 9.06. The minimum atomic E-state index is 0.667. The molecule has 1 aliphatic carbocycles. The van der Waals surface area contributed by atoms with Crippen LogP contribution in [0.1, 0.15) is 50.7 Å². The minimum absolute atomic E-state index is 0.667. The molecule has 0 amide bonds. The Kier molecular flexibility index (Phi) is 3.83. The smallest absolute Gasteiger partial charge is 0.0187 e. The van der Waals surface area contributed by atoms with Gasteiger partial charge in [-0.1, -0.05) is 63.3 Å². The van der Waals surface area contributed by atoms with Crippen LogP contribution in [0.25, 0.3) is 5.57 Å². The fourth-order valence-corrected chi connectivity index (χ4v) is 2.18. The van der Waals surface area contributed by atoms with E-state index in [9.17, 15) is 0 Å². The highest BCUT2D eigenvalue weighted by atomic mass is 14.1. The summed E-state index contributed by atoms with van der Waals surface area (Å²) in [6.45, 7) is 6.79. The lowest BCUT2D eigenvalue weighted by Crippen LogP contribution is -1.95. The number of hydrogen-bond donors (Lipinski definition) is 0. The van der Waals surface area contributed by atoms with Gasteiger partial charge in [-0.25, -0.2) is 0 Å². The Labute approximate surface area is 105 Å². The first-order chi connectivity index (χ1) is 8.20. The fraction of sp³-hybridized carbons (Fsp3) is 0.412. The summed E-state index contributed by atoms with van der Waals surface area (Å²) in [5.74, 6) is 1.36. The molecule has 0 nitrogen and oxygen atoms in total. The topological polar surface area (TPSA) is 0 Å². The van der Waals surface area contributed by atoms with Gasteiger partial charge in [-0.15, -0.1) is 0 Å². The van der Waals surface area contributed by atoms with Crippen molar-refractivity contribution in [2.75, 3.05) is 0 Å². The lowest BCUT2D eigenvalue weighted by Gasteiger charge is -2.13. The monoisotopic (exact) mass is 226 g/mol. The van der Waals surface area contributed by atoms with E-state index >= 15 is 0 Å². The Morgan fingerprint density at radius 1 is 1.24 bits per heavy atom. The van der Waals surface area contributed by atoms with Crippen LogP contribution >= 0.6 is 0 Å². The quantitative estimate of drug-likeness (QED) is 0.666. The Morgan fingerprint density at radius 2 is 1.94 bits per heavy atom. The molecule has 1 aliphatic rings. The minimum Gasteiger partial charge on any atom is -0.0808 e. The van der Waals surface area contributed by atoms with Gasteiger partial charge < -0.3 is 0 Å². The van der Waals surface area contributed by atoms with Crippen molar-refractivity contribution in [2.45, 2.75) is 39.5 Å². The second-order valence-electron chi connectivity index (χ2n) is 5.16. The van der Waals surface area contributed by atoms with E-state index in [2.05, 4.69) is 63.3 Å². The van der Waals surface area contributed by atoms with Gasteiger partial charge in [0.25, 0.3) is 0 Å². The van der Waals surface area contributed by atoms with E-state index in [4.69, 9.17) is 0 Å². The number of rotatable bonds is 3. The number of allylic oxidation sites excluding steroid dienone is 4. The molecule has 0 saturated carbocycles. The van der Waals surface area contributed by atoms with Crippen LogP contribution in [0.4, 0.5) is 0 Å². The second-order valence-corrected chi connectivity index (χ2v) is 5.16. The van der Waals surface area contributed by atoms with Crippen molar-refractivity contribution >= 4 is 5.57 Å². The lowest BCUT2D eigenvalue weighted by atomic mass is 9.92. The first kappa shape index (κ1) is 12.2. The van der Waals surface area contributed by atoms with Gasteiger partial charge in [0.05, 0.1) is 0 Å². The van der Waals surface area contributed by atoms with Crippen molar-refractivity contribution in [2.24, 2.45) is 5.92 Å². The molecule has 0 aliphatic heterocycles. The van der Waals surface area contributed by atoms with E-state index in [-0.39, 0.29) is 0 Å². The van der Waals surface area contributed by atoms with Gasteiger partial charge in [-0.05, 0) is 41.4 Å². The van der Waals surface area contributed by atoms with Gasteiger partial charge >= 0.3 is 0 Å². The second kappa shape index (κ2) is 5.35. The van der Waals surface area contributed by atoms with E-state index < -0.39 is 0 Å². The third-order valence-electron chi connectivity index (χ3n) is 3.74. The zero-order chi connectivity index (χ0) is 12.3. The average Bonchev–Trinajstić information content (AvgIpc) is 2.39. The van der Waals surface area contributed by atoms with E-state index in [1.807, 2.05) is 0 Å². The Bertz CT molecular complexity index is 420. The fourth-order valence-electron chi connectivity index (χ4n) is 2.18. The first-order valence-corrected chi connectivity index (χ1v) is 6.69.